The summed E-state index contributed by atoms with van der Waals surface area (Å²) in [6.07, 6.45) is 7.43. The predicted octanol–water partition coefficient (Wildman–Crippen LogP) is 2.30. The van der Waals surface area contributed by atoms with E-state index >= 15 is 0 Å². The molecule has 0 aliphatic heterocycles. The molecule has 5 heteroatoms. The molecule has 2 atom stereocenters. The number of rotatable bonds is 4. The van der Waals surface area contributed by atoms with E-state index in [1.165, 1.54) is 6.42 Å². The van der Waals surface area contributed by atoms with Crippen molar-refractivity contribution in [2.75, 3.05) is 11.1 Å². The van der Waals surface area contributed by atoms with Crippen molar-refractivity contribution in [2.24, 2.45) is 0 Å². The third kappa shape index (κ3) is 3.57. The van der Waals surface area contributed by atoms with Crippen LogP contribution in [-0.2, 0) is 0 Å². The molecule has 0 unspecified atom stereocenters. The average molecular weight is 253 g/mol. The van der Waals surface area contributed by atoms with Crippen molar-refractivity contribution in [1.29, 1.82) is 0 Å². The SMILES string of the molecule is CCSc1cncc(N[C@H]2CCCC[C@H]2O)n1. The van der Waals surface area contributed by atoms with Crippen LogP contribution in [0.15, 0.2) is 17.4 Å². The molecule has 0 amide bonds. The summed E-state index contributed by atoms with van der Waals surface area (Å²) < 4.78 is 0. The van der Waals surface area contributed by atoms with Gasteiger partial charge in [0.05, 0.1) is 24.5 Å². The highest BCUT2D eigenvalue weighted by molar-refractivity contribution is 7.99. The number of hydrogen-bond acceptors (Lipinski definition) is 5. The molecule has 1 aliphatic carbocycles. The van der Waals surface area contributed by atoms with Crippen molar-refractivity contribution in [1.82, 2.24) is 9.97 Å². The van der Waals surface area contributed by atoms with E-state index in [0.29, 0.717) is 0 Å². The Morgan fingerprint density at radius 1 is 1.41 bits per heavy atom. The molecule has 1 heterocycles. The second kappa shape index (κ2) is 6.21. The highest BCUT2D eigenvalue weighted by Crippen LogP contribution is 2.22. The summed E-state index contributed by atoms with van der Waals surface area (Å²) in [7, 11) is 0. The highest BCUT2D eigenvalue weighted by Gasteiger charge is 2.23. The molecule has 1 fully saturated rings. The van der Waals surface area contributed by atoms with Gasteiger partial charge in [-0.1, -0.05) is 19.8 Å². The van der Waals surface area contributed by atoms with Gasteiger partial charge in [0.25, 0.3) is 0 Å². The Balaban J connectivity index is 1.99. The maximum Gasteiger partial charge on any atom is 0.146 e. The van der Waals surface area contributed by atoms with E-state index in [4.69, 9.17) is 0 Å². The smallest absolute Gasteiger partial charge is 0.146 e. The lowest BCUT2D eigenvalue weighted by molar-refractivity contribution is 0.116. The van der Waals surface area contributed by atoms with Crippen molar-refractivity contribution in [3.8, 4) is 0 Å². The molecule has 1 aromatic heterocycles. The standard InChI is InChI=1S/C12H19N3OS/c1-2-17-12-8-13-7-11(15-12)14-9-5-3-4-6-10(9)16/h7-10,16H,2-6H2,1H3,(H,14,15)/t9-,10+/m0/s1. The molecule has 0 radical (unpaired) electrons. The molecular formula is C12H19N3OS. The van der Waals surface area contributed by atoms with Crippen LogP contribution in [0.5, 0.6) is 0 Å². The zero-order valence-corrected chi connectivity index (χ0v) is 10.9. The number of hydrogen-bond donors (Lipinski definition) is 2. The molecule has 4 nitrogen and oxygen atoms in total. The van der Waals surface area contributed by atoms with Crippen LogP contribution in [-0.4, -0.2) is 33.0 Å². The summed E-state index contributed by atoms with van der Waals surface area (Å²) in [6.45, 7) is 2.09. The van der Waals surface area contributed by atoms with Crippen molar-refractivity contribution in [2.45, 2.75) is 49.8 Å². The number of nitrogens with one attached hydrogen (secondary N) is 1. The fourth-order valence-electron chi connectivity index (χ4n) is 2.10. The zero-order chi connectivity index (χ0) is 12.1. The van der Waals surface area contributed by atoms with Crippen LogP contribution in [0.2, 0.25) is 0 Å². The second-order valence-electron chi connectivity index (χ2n) is 4.28. The van der Waals surface area contributed by atoms with Crippen LogP contribution in [0.4, 0.5) is 5.82 Å². The lowest BCUT2D eigenvalue weighted by atomic mass is 9.93. The molecule has 0 bridgehead atoms. The van der Waals surface area contributed by atoms with Crippen LogP contribution in [0.1, 0.15) is 32.6 Å². The van der Waals surface area contributed by atoms with Gasteiger partial charge in [0.1, 0.15) is 10.8 Å². The van der Waals surface area contributed by atoms with Gasteiger partial charge in [-0.25, -0.2) is 4.98 Å². The van der Waals surface area contributed by atoms with Crippen LogP contribution < -0.4 is 5.32 Å². The van der Waals surface area contributed by atoms with Crippen molar-refractivity contribution in [3.63, 3.8) is 0 Å². The molecule has 2 rings (SSSR count). The minimum absolute atomic E-state index is 0.125. The average Bonchev–Trinajstić information content (AvgIpc) is 2.33. The first-order chi connectivity index (χ1) is 8.29. The van der Waals surface area contributed by atoms with E-state index in [1.807, 2.05) is 0 Å². The number of aliphatic hydroxyl groups excluding tert-OH is 1. The molecule has 2 N–H and O–H groups in total. The number of thioether (sulfide) groups is 1. The van der Waals surface area contributed by atoms with Crippen LogP contribution in [0.25, 0.3) is 0 Å². The van der Waals surface area contributed by atoms with Gasteiger partial charge in [-0.05, 0) is 18.6 Å². The largest absolute Gasteiger partial charge is 0.391 e. The molecule has 0 saturated heterocycles. The second-order valence-corrected chi connectivity index (χ2v) is 5.56. The molecule has 1 aromatic rings. The van der Waals surface area contributed by atoms with Crippen LogP contribution in [0, 0.1) is 0 Å². The first-order valence-electron chi connectivity index (χ1n) is 6.19. The predicted molar refractivity (Wildman–Crippen MR) is 70.3 cm³/mol. The summed E-state index contributed by atoms with van der Waals surface area (Å²) in [5.41, 5.74) is 0. The third-order valence-corrected chi connectivity index (χ3v) is 3.75. The summed E-state index contributed by atoms with van der Waals surface area (Å²) >= 11 is 1.68. The summed E-state index contributed by atoms with van der Waals surface area (Å²) in [5.74, 6) is 1.76. The Morgan fingerprint density at radius 3 is 3.00 bits per heavy atom. The van der Waals surface area contributed by atoms with E-state index in [-0.39, 0.29) is 12.1 Å². The third-order valence-electron chi connectivity index (χ3n) is 2.97. The Morgan fingerprint density at radius 2 is 2.24 bits per heavy atom. The molecule has 0 aromatic carbocycles. The summed E-state index contributed by atoms with van der Waals surface area (Å²) in [6, 6.07) is 0.125. The minimum Gasteiger partial charge on any atom is -0.391 e. The van der Waals surface area contributed by atoms with Crippen molar-refractivity contribution < 1.29 is 5.11 Å². The fraction of sp³-hybridized carbons (Fsp3) is 0.667. The number of nitrogens with zero attached hydrogens (tertiary/aromatic N) is 2. The van der Waals surface area contributed by atoms with Gasteiger partial charge >= 0.3 is 0 Å². The van der Waals surface area contributed by atoms with Gasteiger partial charge in [0.2, 0.25) is 0 Å². The Hall–Kier alpha value is -0.810. The first kappa shape index (κ1) is 12.6. The lowest BCUT2D eigenvalue weighted by Crippen LogP contribution is -2.36. The molecule has 0 spiro atoms. The number of aromatic nitrogens is 2. The zero-order valence-electron chi connectivity index (χ0n) is 10.1. The maximum absolute atomic E-state index is 9.89. The molecule has 1 aliphatic rings. The van der Waals surface area contributed by atoms with Gasteiger partial charge in [0, 0.05) is 0 Å². The van der Waals surface area contributed by atoms with Crippen molar-refractivity contribution in [3.05, 3.63) is 12.4 Å². The number of aliphatic hydroxyl groups is 1. The quantitative estimate of drug-likeness (QED) is 0.806. The van der Waals surface area contributed by atoms with Crippen molar-refractivity contribution >= 4 is 17.6 Å². The minimum atomic E-state index is -0.256. The number of anilines is 1. The topological polar surface area (TPSA) is 58.0 Å². The Labute approximate surface area is 106 Å². The van der Waals surface area contributed by atoms with E-state index in [2.05, 4.69) is 22.2 Å². The van der Waals surface area contributed by atoms with E-state index < -0.39 is 0 Å². The summed E-state index contributed by atoms with van der Waals surface area (Å²) in [5, 5.41) is 14.1. The van der Waals surface area contributed by atoms with Gasteiger partial charge in [-0.15, -0.1) is 11.8 Å². The van der Waals surface area contributed by atoms with E-state index in [9.17, 15) is 5.11 Å². The van der Waals surface area contributed by atoms with Gasteiger partial charge in [-0.3, -0.25) is 4.98 Å². The van der Waals surface area contributed by atoms with E-state index in [0.717, 1.165) is 35.9 Å². The molecular weight excluding hydrogens is 234 g/mol. The summed E-state index contributed by atoms with van der Waals surface area (Å²) in [4.78, 5) is 8.64. The van der Waals surface area contributed by atoms with Gasteiger partial charge in [-0.2, -0.15) is 0 Å². The van der Waals surface area contributed by atoms with Crippen LogP contribution in [0.3, 0.4) is 0 Å². The maximum atomic E-state index is 9.89. The fourth-order valence-corrected chi connectivity index (χ4v) is 2.70. The monoisotopic (exact) mass is 253 g/mol. The lowest BCUT2D eigenvalue weighted by Gasteiger charge is -2.28. The Bertz CT molecular complexity index is 361. The van der Waals surface area contributed by atoms with Crippen LogP contribution >= 0.6 is 11.8 Å². The Kier molecular flexibility index (Phi) is 4.62. The molecule has 94 valence electrons. The highest BCUT2D eigenvalue weighted by atomic mass is 32.2. The van der Waals surface area contributed by atoms with Gasteiger partial charge < -0.3 is 10.4 Å². The van der Waals surface area contributed by atoms with Gasteiger partial charge in [0.15, 0.2) is 0 Å². The van der Waals surface area contributed by atoms with E-state index in [1.54, 1.807) is 24.2 Å². The molecule has 1 saturated carbocycles. The normalized spacial score (nSPS) is 24.6. The molecule has 17 heavy (non-hydrogen) atoms. The first-order valence-corrected chi connectivity index (χ1v) is 7.17.